The van der Waals surface area contributed by atoms with Crippen molar-refractivity contribution in [1.29, 1.82) is 0 Å². The van der Waals surface area contributed by atoms with E-state index in [2.05, 4.69) is 46.9 Å². The monoisotopic (exact) mass is 362 g/mol. The number of nitrogens with one attached hydrogen (secondary N) is 1. The molecule has 3 heterocycles. The number of methoxy groups -OCH3 is 1. The van der Waals surface area contributed by atoms with Crippen LogP contribution in [0.5, 0.6) is 0 Å². The van der Waals surface area contributed by atoms with Gasteiger partial charge >= 0.3 is 0 Å². The van der Waals surface area contributed by atoms with Crippen molar-refractivity contribution in [2.75, 3.05) is 7.11 Å². The number of aromatic amines is 1. The molecule has 2 aromatic rings. The summed E-state index contributed by atoms with van der Waals surface area (Å²) in [5.74, 6) is 0.793. The van der Waals surface area contributed by atoms with Crippen molar-refractivity contribution in [1.82, 2.24) is 4.98 Å². The van der Waals surface area contributed by atoms with E-state index in [0.29, 0.717) is 0 Å². The highest BCUT2D eigenvalue weighted by Gasteiger charge is 2.18. The third kappa shape index (κ3) is 2.89. The molecule has 2 aromatic heterocycles. The Morgan fingerprint density at radius 2 is 2.14 bits per heavy atom. The Balaban J connectivity index is 2.00. The van der Waals surface area contributed by atoms with Gasteiger partial charge in [0.05, 0.1) is 21.5 Å². The van der Waals surface area contributed by atoms with Gasteiger partial charge < -0.3 is 9.72 Å². The standard InChI is InChI=1S/C16H15BrN2OS/c1-9-6-10(2)18-11(9)7-12-14(20-3)8-13(19-12)15-4-5-16(17)21-15/h4-8,18H,1-3H3/b12-7+. The van der Waals surface area contributed by atoms with Crippen LogP contribution in [0.4, 0.5) is 0 Å². The van der Waals surface area contributed by atoms with Gasteiger partial charge in [-0.15, -0.1) is 11.3 Å². The minimum absolute atomic E-state index is 0.793. The van der Waals surface area contributed by atoms with Gasteiger partial charge in [0.25, 0.3) is 0 Å². The highest BCUT2D eigenvalue weighted by molar-refractivity contribution is 9.11. The summed E-state index contributed by atoms with van der Waals surface area (Å²) in [5.41, 5.74) is 5.21. The van der Waals surface area contributed by atoms with Crippen molar-refractivity contribution in [2.45, 2.75) is 13.8 Å². The van der Waals surface area contributed by atoms with Crippen LogP contribution >= 0.6 is 27.3 Å². The Bertz CT molecular complexity index is 780. The highest BCUT2D eigenvalue weighted by atomic mass is 79.9. The highest BCUT2D eigenvalue weighted by Crippen LogP contribution is 2.30. The van der Waals surface area contributed by atoms with Gasteiger partial charge in [0, 0.05) is 17.5 Å². The molecule has 3 rings (SSSR count). The number of thiophene rings is 1. The number of aromatic nitrogens is 1. The molecule has 1 aliphatic rings. The molecule has 0 unspecified atom stereocenters. The number of nitrogens with zero attached hydrogens (tertiary/aromatic N) is 1. The summed E-state index contributed by atoms with van der Waals surface area (Å²) in [6.07, 6.45) is 4.02. The largest absolute Gasteiger partial charge is 0.494 e. The summed E-state index contributed by atoms with van der Waals surface area (Å²) < 4.78 is 6.56. The number of hydrogen-bond donors (Lipinski definition) is 1. The maximum atomic E-state index is 5.46. The zero-order chi connectivity index (χ0) is 15.0. The van der Waals surface area contributed by atoms with Crippen molar-refractivity contribution in [2.24, 2.45) is 4.99 Å². The van der Waals surface area contributed by atoms with E-state index in [1.807, 2.05) is 18.2 Å². The summed E-state index contributed by atoms with van der Waals surface area (Å²) >= 11 is 5.15. The van der Waals surface area contributed by atoms with E-state index in [1.165, 1.54) is 5.56 Å². The van der Waals surface area contributed by atoms with Crippen LogP contribution in [-0.2, 0) is 4.74 Å². The van der Waals surface area contributed by atoms with Crippen molar-refractivity contribution < 1.29 is 4.74 Å². The van der Waals surface area contributed by atoms with Crippen molar-refractivity contribution >= 4 is 39.1 Å². The molecule has 0 aromatic carbocycles. The molecular formula is C16H15BrN2OS. The topological polar surface area (TPSA) is 37.4 Å². The Morgan fingerprint density at radius 3 is 2.71 bits per heavy atom. The molecule has 1 aliphatic heterocycles. The van der Waals surface area contributed by atoms with Crippen molar-refractivity contribution in [3.63, 3.8) is 0 Å². The van der Waals surface area contributed by atoms with Crippen LogP contribution in [0.25, 0.3) is 6.08 Å². The summed E-state index contributed by atoms with van der Waals surface area (Å²) in [4.78, 5) is 9.16. The number of allylic oxidation sites excluding steroid dienone is 1. The summed E-state index contributed by atoms with van der Waals surface area (Å²) in [5, 5.41) is 0. The minimum atomic E-state index is 0.793. The second-order valence-electron chi connectivity index (χ2n) is 4.89. The van der Waals surface area contributed by atoms with Crippen molar-refractivity contribution in [3.8, 4) is 0 Å². The summed E-state index contributed by atoms with van der Waals surface area (Å²) in [6, 6.07) is 6.21. The average Bonchev–Trinajstić information content (AvgIpc) is 3.10. The van der Waals surface area contributed by atoms with Crippen LogP contribution in [-0.4, -0.2) is 17.8 Å². The van der Waals surface area contributed by atoms with Gasteiger partial charge in [0.1, 0.15) is 11.5 Å². The van der Waals surface area contributed by atoms with Gasteiger partial charge in [-0.2, -0.15) is 0 Å². The Kier molecular flexibility index (Phi) is 3.87. The van der Waals surface area contributed by atoms with E-state index in [0.717, 1.165) is 37.2 Å². The van der Waals surface area contributed by atoms with Gasteiger partial charge in [-0.3, -0.25) is 0 Å². The number of ether oxygens (including phenoxy) is 1. The molecule has 21 heavy (non-hydrogen) atoms. The normalized spacial score (nSPS) is 16.3. The molecule has 0 fully saturated rings. The molecule has 108 valence electrons. The number of H-pyrrole nitrogens is 1. The van der Waals surface area contributed by atoms with E-state index >= 15 is 0 Å². The molecule has 0 radical (unpaired) electrons. The lowest BCUT2D eigenvalue weighted by molar-refractivity contribution is 0.303. The molecule has 0 bridgehead atoms. The van der Waals surface area contributed by atoms with Crippen LogP contribution in [0, 0.1) is 13.8 Å². The third-order valence-electron chi connectivity index (χ3n) is 3.28. The first-order valence-corrected chi connectivity index (χ1v) is 8.16. The molecule has 0 aliphatic carbocycles. The SMILES string of the molecule is COC1=CC(c2ccc(Br)s2)=N/C1=C/c1[nH]c(C)cc1C. The van der Waals surface area contributed by atoms with Crippen LogP contribution in [0.2, 0.25) is 0 Å². The predicted molar refractivity (Wildman–Crippen MR) is 91.9 cm³/mol. The lowest BCUT2D eigenvalue weighted by Crippen LogP contribution is -1.88. The first-order chi connectivity index (χ1) is 10.1. The third-order valence-corrected chi connectivity index (χ3v) is 4.92. The van der Waals surface area contributed by atoms with E-state index in [1.54, 1.807) is 18.4 Å². The van der Waals surface area contributed by atoms with E-state index in [-0.39, 0.29) is 0 Å². The minimum Gasteiger partial charge on any atom is -0.494 e. The van der Waals surface area contributed by atoms with Gasteiger partial charge in [-0.05, 0) is 59.6 Å². The predicted octanol–water partition coefficient (Wildman–Crippen LogP) is 4.83. The molecule has 0 saturated heterocycles. The summed E-state index contributed by atoms with van der Waals surface area (Å²) in [7, 11) is 1.68. The van der Waals surface area contributed by atoms with Gasteiger partial charge in [0.15, 0.2) is 0 Å². The quantitative estimate of drug-likeness (QED) is 0.833. The molecule has 3 nitrogen and oxygen atoms in total. The Morgan fingerprint density at radius 1 is 1.33 bits per heavy atom. The molecule has 1 N–H and O–H groups in total. The van der Waals surface area contributed by atoms with E-state index in [9.17, 15) is 0 Å². The average molecular weight is 363 g/mol. The maximum Gasteiger partial charge on any atom is 0.146 e. The number of aliphatic imine (C=N–C) groups is 1. The smallest absolute Gasteiger partial charge is 0.146 e. The summed E-state index contributed by atoms with van der Waals surface area (Å²) in [6.45, 7) is 4.14. The molecule has 5 heteroatoms. The number of hydrogen-bond acceptors (Lipinski definition) is 3. The first-order valence-electron chi connectivity index (χ1n) is 6.55. The fourth-order valence-electron chi connectivity index (χ4n) is 2.30. The van der Waals surface area contributed by atoms with Gasteiger partial charge in [0.2, 0.25) is 0 Å². The number of aryl methyl sites for hydroxylation is 2. The zero-order valence-corrected chi connectivity index (χ0v) is 14.4. The van der Waals surface area contributed by atoms with Crippen LogP contribution in [0.3, 0.4) is 0 Å². The van der Waals surface area contributed by atoms with Crippen molar-refractivity contribution in [3.05, 3.63) is 61.3 Å². The maximum absolute atomic E-state index is 5.46. The van der Waals surface area contributed by atoms with Gasteiger partial charge in [-0.25, -0.2) is 4.99 Å². The lowest BCUT2D eigenvalue weighted by Gasteiger charge is -2.01. The molecule has 0 saturated carbocycles. The number of halogens is 1. The van der Waals surface area contributed by atoms with Crippen LogP contribution < -0.4 is 0 Å². The molecule has 0 amide bonds. The van der Waals surface area contributed by atoms with Crippen LogP contribution in [0.1, 0.15) is 21.8 Å². The fraction of sp³-hybridized carbons (Fsp3) is 0.188. The van der Waals surface area contributed by atoms with E-state index in [4.69, 9.17) is 9.73 Å². The van der Waals surface area contributed by atoms with E-state index < -0.39 is 0 Å². The second-order valence-corrected chi connectivity index (χ2v) is 7.36. The lowest BCUT2D eigenvalue weighted by atomic mass is 10.2. The Hall–Kier alpha value is -1.59. The molecule has 0 spiro atoms. The zero-order valence-electron chi connectivity index (χ0n) is 12.0. The van der Waals surface area contributed by atoms with Crippen LogP contribution in [0.15, 0.2) is 44.5 Å². The first kappa shape index (κ1) is 14.4. The molecule has 0 atom stereocenters. The fourth-order valence-corrected chi connectivity index (χ4v) is 3.64. The Labute approximate surface area is 136 Å². The molecular weight excluding hydrogens is 348 g/mol. The van der Waals surface area contributed by atoms with Gasteiger partial charge in [-0.1, -0.05) is 0 Å². The number of rotatable bonds is 3. The second kappa shape index (κ2) is 5.66.